The number of aromatic nitrogens is 1. The first kappa shape index (κ1) is 16.6. The monoisotopic (exact) mass is 353 g/mol. The lowest BCUT2D eigenvalue weighted by atomic mass is 9.94. The van der Waals surface area contributed by atoms with Gasteiger partial charge in [-0.25, -0.2) is 0 Å². The van der Waals surface area contributed by atoms with E-state index in [0.717, 1.165) is 0 Å². The molecule has 2 heterocycles. The van der Waals surface area contributed by atoms with Crippen LogP contribution in [0, 0.1) is 5.92 Å². The van der Waals surface area contributed by atoms with Gasteiger partial charge in [0.1, 0.15) is 11.5 Å². The van der Waals surface area contributed by atoms with Gasteiger partial charge in [-0.2, -0.15) is 0 Å². The van der Waals surface area contributed by atoms with Crippen LogP contribution in [-0.4, -0.2) is 28.4 Å². The van der Waals surface area contributed by atoms with E-state index >= 15 is 0 Å². The summed E-state index contributed by atoms with van der Waals surface area (Å²) in [7, 11) is 3.24. The van der Waals surface area contributed by atoms with Gasteiger partial charge in [0.15, 0.2) is 0 Å². The number of nitrogens with zero attached hydrogens (tertiary/aromatic N) is 1. The summed E-state index contributed by atoms with van der Waals surface area (Å²) in [6.45, 7) is 3.41. The largest absolute Gasteiger partial charge is 0.496 e. The zero-order valence-electron chi connectivity index (χ0n) is 15.0. The van der Waals surface area contributed by atoms with Crippen LogP contribution in [0.2, 0.25) is 0 Å². The van der Waals surface area contributed by atoms with E-state index in [9.17, 15) is 14.7 Å². The molecule has 0 radical (unpaired) electrons. The third-order valence-electron chi connectivity index (χ3n) is 5.12. The van der Waals surface area contributed by atoms with Gasteiger partial charge in [0, 0.05) is 24.4 Å². The summed E-state index contributed by atoms with van der Waals surface area (Å²) in [5.74, 6) is -2.42. The van der Waals surface area contributed by atoms with Crippen LogP contribution < -0.4 is 14.9 Å². The minimum atomic E-state index is -1.96. The molecule has 2 aromatic carbocycles. The fourth-order valence-electron chi connectivity index (χ4n) is 3.62. The second kappa shape index (κ2) is 5.32. The number of rotatable bonds is 2. The lowest BCUT2D eigenvalue weighted by Crippen LogP contribution is -2.45. The molecule has 1 atom stereocenters. The number of hydrogen-bond donors (Lipinski definition) is 1. The summed E-state index contributed by atoms with van der Waals surface area (Å²) in [5.41, 5.74) is 1.08. The van der Waals surface area contributed by atoms with Crippen molar-refractivity contribution in [3.05, 3.63) is 46.1 Å². The van der Waals surface area contributed by atoms with E-state index in [1.165, 1.54) is 13.2 Å². The smallest absolute Gasteiger partial charge is 0.275 e. The van der Waals surface area contributed by atoms with Gasteiger partial charge < -0.3 is 19.1 Å². The maximum absolute atomic E-state index is 13.1. The molecule has 4 rings (SSSR count). The van der Waals surface area contributed by atoms with E-state index in [-0.39, 0.29) is 16.7 Å². The molecule has 0 fully saturated rings. The van der Waals surface area contributed by atoms with Crippen LogP contribution in [0.3, 0.4) is 0 Å². The number of para-hydroxylation sites is 1. The molecule has 1 aliphatic rings. The van der Waals surface area contributed by atoms with Gasteiger partial charge >= 0.3 is 0 Å². The van der Waals surface area contributed by atoms with Crippen molar-refractivity contribution in [3.63, 3.8) is 0 Å². The highest BCUT2D eigenvalue weighted by molar-refractivity contribution is 6.17. The molecule has 6 heteroatoms. The molecule has 6 nitrogen and oxygen atoms in total. The molecule has 0 saturated heterocycles. The number of carbonyl (C=O) groups is 1. The zero-order valence-corrected chi connectivity index (χ0v) is 15.0. The van der Waals surface area contributed by atoms with Crippen LogP contribution in [0.1, 0.15) is 24.2 Å². The molecule has 0 aliphatic carbocycles. The molecule has 1 N–H and O–H groups in total. The van der Waals surface area contributed by atoms with Crippen molar-refractivity contribution in [1.82, 2.24) is 4.57 Å². The molecule has 1 unspecified atom stereocenters. The summed E-state index contributed by atoms with van der Waals surface area (Å²) in [6, 6.07) is 8.69. The fraction of sp³-hybridized carbons (Fsp3) is 0.300. The number of fused-ring (bicyclic) bond motifs is 4. The van der Waals surface area contributed by atoms with Crippen molar-refractivity contribution in [2.45, 2.75) is 19.6 Å². The Kier molecular flexibility index (Phi) is 3.39. The third-order valence-corrected chi connectivity index (χ3v) is 5.12. The highest BCUT2D eigenvalue weighted by Gasteiger charge is 2.51. The van der Waals surface area contributed by atoms with Crippen molar-refractivity contribution >= 4 is 27.6 Å². The van der Waals surface area contributed by atoms with Gasteiger partial charge in [-0.15, -0.1) is 0 Å². The van der Waals surface area contributed by atoms with Crippen molar-refractivity contribution in [1.29, 1.82) is 0 Å². The summed E-state index contributed by atoms with van der Waals surface area (Å²) in [5, 5.41) is 11.6. The average Bonchev–Trinajstić information content (AvgIpc) is 2.90. The molecular weight excluding hydrogens is 334 g/mol. The van der Waals surface area contributed by atoms with Gasteiger partial charge in [0.05, 0.1) is 29.1 Å². The second-order valence-electron chi connectivity index (χ2n) is 6.86. The van der Waals surface area contributed by atoms with E-state index < -0.39 is 17.5 Å². The molecule has 134 valence electrons. The highest BCUT2D eigenvalue weighted by atomic mass is 16.6. The van der Waals surface area contributed by atoms with Crippen LogP contribution in [0.15, 0.2) is 35.1 Å². The van der Waals surface area contributed by atoms with Crippen LogP contribution in [0.4, 0.5) is 0 Å². The van der Waals surface area contributed by atoms with Gasteiger partial charge in [0.25, 0.3) is 5.79 Å². The summed E-state index contributed by atoms with van der Waals surface area (Å²) in [4.78, 5) is 26.2. The minimum absolute atomic E-state index is 0.211. The van der Waals surface area contributed by atoms with Crippen molar-refractivity contribution in [2.75, 3.05) is 7.11 Å². The Balaban J connectivity index is 2.24. The van der Waals surface area contributed by atoms with Crippen LogP contribution in [0.5, 0.6) is 11.5 Å². The molecule has 1 aliphatic heterocycles. The molecule has 1 aromatic heterocycles. The maximum Gasteiger partial charge on any atom is 0.275 e. The van der Waals surface area contributed by atoms with Gasteiger partial charge in [-0.05, 0) is 12.1 Å². The molecule has 26 heavy (non-hydrogen) atoms. The Morgan fingerprint density at radius 1 is 1.23 bits per heavy atom. The number of ketones is 1. The number of pyridine rings is 1. The van der Waals surface area contributed by atoms with Gasteiger partial charge in [-0.3, -0.25) is 9.59 Å². The number of Topliss-reactive ketones (excluding diaryl/α,β-unsaturated/α-hetero) is 1. The van der Waals surface area contributed by atoms with E-state index in [0.29, 0.717) is 27.6 Å². The predicted molar refractivity (Wildman–Crippen MR) is 98.0 cm³/mol. The molecule has 0 amide bonds. The number of aliphatic hydroxyl groups is 1. The molecule has 0 bridgehead atoms. The van der Waals surface area contributed by atoms with Crippen LogP contribution in [0.25, 0.3) is 21.8 Å². The standard InChI is InChI=1S/C20H19NO5/c1-10(2)20(24)19(23)16-14(26-20)9-13(25-4)15-17(16)21(3)12-8-6-5-7-11(12)18(15)22/h5-10,24H,1-4H3. The van der Waals surface area contributed by atoms with E-state index in [1.807, 2.05) is 12.1 Å². The molecule has 3 aromatic rings. The molecule has 0 saturated carbocycles. The highest BCUT2D eigenvalue weighted by Crippen LogP contribution is 2.44. The van der Waals surface area contributed by atoms with E-state index in [1.54, 1.807) is 37.6 Å². The molecule has 0 spiro atoms. The number of methoxy groups -OCH3 is 1. The third kappa shape index (κ3) is 1.90. The lowest BCUT2D eigenvalue weighted by Gasteiger charge is -2.24. The Morgan fingerprint density at radius 2 is 1.92 bits per heavy atom. The summed E-state index contributed by atoms with van der Waals surface area (Å²) < 4.78 is 12.8. The summed E-state index contributed by atoms with van der Waals surface area (Å²) in [6.07, 6.45) is 0. The average molecular weight is 353 g/mol. The Bertz CT molecular complexity index is 1140. The first-order valence-electron chi connectivity index (χ1n) is 8.39. The minimum Gasteiger partial charge on any atom is -0.496 e. The first-order chi connectivity index (χ1) is 12.3. The number of hydrogen-bond acceptors (Lipinski definition) is 5. The summed E-state index contributed by atoms with van der Waals surface area (Å²) >= 11 is 0. The van der Waals surface area contributed by atoms with E-state index in [2.05, 4.69) is 0 Å². The van der Waals surface area contributed by atoms with Gasteiger partial charge in [0.2, 0.25) is 11.2 Å². The topological polar surface area (TPSA) is 77.8 Å². The lowest BCUT2D eigenvalue weighted by molar-refractivity contribution is -0.121. The second-order valence-corrected chi connectivity index (χ2v) is 6.86. The number of benzene rings is 2. The maximum atomic E-state index is 13.1. The Labute approximate surface area is 149 Å². The molecular formula is C20H19NO5. The van der Waals surface area contributed by atoms with E-state index in [4.69, 9.17) is 9.47 Å². The Hall–Kier alpha value is -2.86. The Morgan fingerprint density at radius 3 is 2.58 bits per heavy atom. The van der Waals surface area contributed by atoms with Crippen LogP contribution in [-0.2, 0) is 7.05 Å². The number of ether oxygens (including phenoxy) is 2. The SMILES string of the molecule is COc1cc2c(c3c1c(=O)c1ccccc1n3C)C(=O)C(O)(C(C)C)O2. The van der Waals surface area contributed by atoms with Crippen molar-refractivity contribution in [2.24, 2.45) is 13.0 Å². The first-order valence-corrected chi connectivity index (χ1v) is 8.39. The number of aryl methyl sites for hydroxylation is 1. The van der Waals surface area contributed by atoms with Crippen molar-refractivity contribution < 1.29 is 19.4 Å². The van der Waals surface area contributed by atoms with Crippen LogP contribution >= 0.6 is 0 Å². The predicted octanol–water partition coefficient (Wildman–Crippen LogP) is 2.62. The van der Waals surface area contributed by atoms with Gasteiger partial charge in [-0.1, -0.05) is 26.0 Å². The quantitative estimate of drug-likeness (QED) is 0.717. The zero-order chi connectivity index (χ0) is 18.8. The normalized spacial score (nSPS) is 19.2. The van der Waals surface area contributed by atoms with Crippen molar-refractivity contribution in [3.8, 4) is 11.5 Å². The number of carbonyl (C=O) groups excluding carboxylic acids is 1. The fourth-order valence-corrected chi connectivity index (χ4v) is 3.62.